The fourth-order valence-electron chi connectivity index (χ4n) is 1.20. The van der Waals surface area contributed by atoms with E-state index in [0.29, 0.717) is 12.3 Å². The van der Waals surface area contributed by atoms with Crippen molar-refractivity contribution in [1.82, 2.24) is 0 Å². The summed E-state index contributed by atoms with van der Waals surface area (Å²) in [5.41, 5.74) is -5.25. The molecular formula is C9H19F3NO2PS. The normalized spacial score (nSPS) is 13.1. The Morgan fingerprint density at radius 1 is 1.06 bits per heavy atom. The van der Waals surface area contributed by atoms with Crippen molar-refractivity contribution in [3.8, 4) is 0 Å². The van der Waals surface area contributed by atoms with Gasteiger partial charge in [-0.1, -0.05) is 26.7 Å². The van der Waals surface area contributed by atoms with Crippen molar-refractivity contribution >= 4 is 17.7 Å². The summed E-state index contributed by atoms with van der Waals surface area (Å²) < 4.78 is 61.5. The highest BCUT2D eigenvalue weighted by atomic mass is 32.2. The van der Waals surface area contributed by atoms with Crippen molar-refractivity contribution in [3.05, 3.63) is 0 Å². The predicted octanol–water partition coefficient (Wildman–Crippen LogP) is 3.83. The van der Waals surface area contributed by atoms with Crippen molar-refractivity contribution in [3.63, 3.8) is 0 Å². The zero-order chi connectivity index (χ0) is 13.5. The van der Waals surface area contributed by atoms with Crippen LogP contribution in [0.15, 0.2) is 4.15 Å². The smallest absolute Gasteiger partial charge is 0.195 e. The Kier molecular flexibility index (Phi) is 7.40. The summed E-state index contributed by atoms with van der Waals surface area (Å²) in [4.78, 5) is 0. The van der Waals surface area contributed by atoms with Crippen molar-refractivity contribution < 1.29 is 21.6 Å². The number of rotatable bonds is 7. The molecule has 0 aromatic carbocycles. The number of hydrogen-bond acceptors (Lipinski definition) is 2. The summed E-state index contributed by atoms with van der Waals surface area (Å²) in [5, 5.41) is 0. The topological polar surface area (TPSA) is 46.5 Å². The van der Waals surface area contributed by atoms with E-state index in [1.807, 2.05) is 13.8 Å². The molecule has 0 fully saturated rings. The predicted molar refractivity (Wildman–Crippen MR) is 65.3 cm³/mol. The summed E-state index contributed by atoms with van der Waals surface area (Å²) in [5.74, 6) is 0. The van der Waals surface area contributed by atoms with E-state index in [1.165, 1.54) is 0 Å². The molecule has 0 aliphatic carbocycles. The third-order valence-corrected chi connectivity index (χ3v) is 6.62. The van der Waals surface area contributed by atoms with Crippen LogP contribution in [0.5, 0.6) is 0 Å². The van der Waals surface area contributed by atoms with Crippen LogP contribution in [0.1, 0.15) is 39.5 Å². The van der Waals surface area contributed by atoms with E-state index in [4.69, 9.17) is 0 Å². The fourth-order valence-corrected chi connectivity index (χ4v) is 5.48. The summed E-state index contributed by atoms with van der Waals surface area (Å²) >= 11 is 0. The van der Waals surface area contributed by atoms with E-state index >= 15 is 0 Å². The largest absolute Gasteiger partial charge is 0.518 e. The molecule has 0 radical (unpaired) electrons. The Labute approximate surface area is 101 Å². The van der Waals surface area contributed by atoms with Crippen LogP contribution in [0.25, 0.3) is 0 Å². The minimum atomic E-state index is -5.29. The van der Waals surface area contributed by atoms with Crippen molar-refractivity contribution in [2.24, 2.45) is 4.15 Å². The van der Waals surface area contributed by atoms with E-state index < -0.39 is 23.2 Å². The molecule has 0 rings (SSSR count). The maximum atomic E-state index is 12.2. The van der Waals surface area contributed by atoms with Crippen molar-refractivity contribution in [1.29, 1.82) is 0 Å². The lowest BCUT2D eigenvalue weighted by Crippen LogP contribution is -2.20. The molecule has 0 bridgehead atoms. The number of sulfonamides is 1. The minimum absolute atomic E-state index is 0.497. The van der Waals surface area contributed by atoms with Gasteiger partial charge in [-0.15, -0.1) is 0 Å². The van der Waals surface area contributed by atoms with Gasteiger partial charge in [0.15, 0.2) is 0 Å². The van der Waals surface area contributed by atoms with Crippen LogP contribution in [-0.4, -0.2) is 26.2 Å². The first-order chi connectivity index (χ1) is 7.74. The van der Waals surface area contributed by atoms with Crippen LogP contribution >= 0.6 is 7.71 Å². The third kappa shape index (κ3) is 6.46. The molecule has 0 atom stereocenters. The van der Waals surface area contributed by atoms with E-state index in [2.05, 4.69) is 4.15 Å². The quantitative estimate of drug-likeness (QED) is 0.670. The van der Waals surface area contributed by atoms with Gasteiger partial charge >= 0.3 is 15.5 Å². The van der Waals surface area contributed by atoms with Gasteiger partial charge in [0.1, 0.15) is 0 Å². The maximum absolute atomic E-state index is 12.2. The number of alkyl halides is 3. The number of halogens is 3. The third-order valence-electron chi connectivity index (χ3n) is 2.18. The minimum Gasteiger partial charge on any atom is -0.195 e. The van der Waals surface area contributed by atoms with Crippen LogP contribution in [0.3, 0.4) is 0 Å². The van der Waals surface area contributed by atoms with Crippen LogP contribution in [0, 0.1) is 0 Å². The Bertz CT molecular complexity index is 342. The molecule has 8 heteroatoms. The Hall–Kier alpha value is -0.0300. The Balaban J connectivity index is 4.89. The first kappa shape index (κ1) is 17.0. The number of nitrogens with zero attached hydrogens (tertiary/aromatic N) is 1. The van der Waals surface area contributed by atoms with Gasteiger partial charge in [-0.2, -0.15) is 25.7 Å². The molecule has 104 valence electrons. The second-order valence-electron chi connectivity index (χ2n) is 3.79. The van der Waals surface area contributed by atoms with Gasteiger partial charge < -0.3 is 0 Å². The van der Waals surface area contributed by atoms with E-state index in [9.17, 15) is 21.6 Å². The molecule has 0 heterocycles. The molecule has 0 N–H and O–H groups in total. The van der Waals surface area contributed by atoms with Gasteiger partial charge in [0.05, 0.1) is 0 Å². The molecule has 3 nitrogen and oxygen atoms in total. The highest BCUT2D eigenvalue weighted by molar-refractivity contribution is 7.93. The molecule has 0 saturated carbocycles. The van der Waals surface area contributed by atoms with Crippen LogP contribution in [0.4, 0.5) is 13.2 Å². The van der Waals surface area contributed by atoms with E-state index in [-0.39, 0.29) is 0 Å². The van der Waals surface area contributed by atoms with Gasteiger partial charge in [-0.3, -0.25) is 0 Å². The zero-order valence-electron chi connectivity index (χ0n) is 10.0. The van der Waals surface area contributed by atoms with Crippen LogP contribution in [-0.2, 0) is 10.0 Å². The summed E-state index contributed by atoms with van der Waals surface area (Å²) in [6.07, 6.45) is 4.13. The number of hydrogen-bond donors (Lipinski definition) is 0. The molecule has 0 saturated heterocycles. The molecule has 17 heavy (non-hydrogen) atoms. The molecule has 0 spiro atoms. The van der Waals surface area contributed by atoms with Crippen molar-refractivity contribution in [2.45, 2.75) is 45.0 Å². The number of unbranched alkanes of at least 4 members (excludes halogenated alkanes) is 2. The molecule has 0 aromatic rings. The van der Waals surface area contributed by atoms with E-state index in [0.717, 1.165) is 25.7 Å². The monoisotopic (exact) mass is 293 g/mol. The summed E-state index contributed by atoms with van der Waals surface area (Å²) in [6.45, 7) is 3.83. The zero-order valence-corrected chi connectivity index (χ0v) is 11.9. The molecule has 0 aliphatic rings. The van der Waals surface area contributed by atoms with Crippen LogP contribution in [0.2, 0.25) is 0 Å². The molecular weight excluding hydrogens is 274 g/mol. The lowest BCUT2D eigenvalue weighted by molar-refractivity contribution is -0.0434. The standard InChI is InChI=1S/C9H19F3NO2PS/c1-3-5-7-16(8-6-4-2)13-17(14,15)9(10,11)12/h16H,3-8H2,1-2H3. The average Bonchev–Trinajstić information content (AvgIpc) is 2.20. The first-order valence-electron chi connectivity index (χ1n) is 5.63. The van der Waals surface area contributed by atoms with E-state index in [1.54, 1.807) is 0 Å². The van der Waals surface area contributed by atoms with Gasteiger partial charge in [-0.25, -0.2) is 0 Å². The fraction of sp³-hybridized carbons (Fsp3) is 1.00. The SMILES string of the molecule is CCCC[PH](CCCC)=NS(=O)(=O)C(F)(F)F. The van der Waals surface area contributed by atoms with Gasteiger partial charge in [-0.05, 0) is 32.9 Å². The Morgan fingerprint density at radius 3 is 1.76 bits per heavy atom. The highest BCUT2D eigenvalue weighted by Crippen LogP contribution is 2.35. The summed E-state index contributed by atoms with van der Waals surface area (Å²) in [7, 11) is -7.08. The molecule has 0 unspecified atom stereocenters. The molecule has 0 amide bonds. The van der Waals surface area contributed by atoms with Gasteiger partial charge in [0.25, 0.3) is 0 Å². The highest BCUT2D eigenvalue weighted by Gasteiger charge is 2.45. The second-order valence-corrected chi connectivity index (χ2v) is 8.06. The summed E-state index contributed by atoms with van der Waals surface area (Å²) in [6, 6.07) is 0. The second kappa shape index (κ2) is 7.41. The average molecular weight is 293 g/mol. The lowest BCUT2D eigenvalue weighted by atomic mass is 10.4. The first-order valence-corrected chi connectivity index (χ1v) is 8.93. The van der Waals surface area contributed by atoms with Gasteiger partial charge in [0.2, 0.25) is 0 Å². The maximum Gasteiger partial charge on any atom is 0.518 e. The lowest BCUT2D eigenvalue weighted by Gasteiger charge is -2.08. The van der Waals surface area contributed by atoms with Crippen molar-refractivity contribution in [2.75, 3.05) is 12.3 Å². The molecule has 0 aliphatic heterocycles. The Morgan fingerprint density at radius 2 is 1.47 bits per heavy atom. The van der Waals surface area contributed by atoms with Crippen LogP contribution < -0.4 is 0 Å². The van der Waals surface area contributed by atoms with Gasteiger partial charge in [0, 0.05) is 0 Å². The molecule has 0 aromatic heterocycles.